The second kappa shape index (κ2) is 6.58. The van der Waals surface area contributed by atoms with E-state index in [0.717, 1.165) is 39.4 Å². The van der Waals surface area contributed by atoms with E-state index >= 15 is 0 Å². The summed E-state index contributed by atoms with van der Waals surface area (Å²) >= 11 is 3.52. The molecule has 0 aliphatic rings. The zero-order valence-corrected chi connectivity index (χ0v) is 14.9. The van der Waals surface area contributed by atoms with E-state index in [1.165, 1.54) is 0 Å². The molecule has 0 aliphatic heterocycles. The second-order valence-electron chi connectivity index (χ2n) is 5.19. The number of methoxy groups -OCH3 is 1. The van der Waals surface area contributed by atoms with Crippen LogP contribution in [0.2, 0.25) is 0 Å². The summed E-state index contributed by atoms with van der Waals surface area (Å²) in [5.74, 6) is 1.46. The van der Waals surface area contributed by atoms with Crippen molar-refractivity contribution in [3.8, 4) is 22.8 Å². The van der Waals surface area contributed by atoms with E-state index in [-0.39, 0.29) is 0 Å². The fourth-order valence-corrected chi connectivity index (χ4v) is 2.68. The Hall–Kier alpha value is -2.08. The number of rotatable bonds is 5. The lowest BCUT2D eigenvalue weighted by molar-refractivity contribution is 0.294. The molecular formula is C17H18BrN3O2. The van der Waals surface area contributed by atoms with Gasteiger partial charge in [-0.3, -0.25) is 0 Å². The van der Waals surface area contributed by atoms with E-state index in [1.54, 1.807) is 11.6 Å². The third-order valence-electron chi connectivity index (χ3n) is 3.50. The van der Waals surface area contributed by atoms with Crippen molar-refractivity contribution in [2.24, 2.45) is 0 Å². The molecule has 3 rings (SSSR count). The van der Waals surface area contributed by atoms with Crippen molar-refractivity contribution in [3.05, 3.63) is 40.6 Å². The summed E-state index contributed by atoms with van der Waals surface area (Å²) in [5, 5.41) is 4.64. The van der Waals surface area contributed by atoms with Gasteiger partial charge in [0.25, 0.3) is 0 Å². The van der Waals surface area contributed by atoms with Crippen LogP contribution in [0.25, 0.3) is 16.9 Å². The molecule has 2 heterocycles. The van der Waals surface area contributed by atoms with Gasteiger partial charge in [0.2, 0.25) is 0 Å². The summed E-state index contributed by atoms with van der Waals surface area (Å²) in [4.78, 5) is 4.44. The lowest BCUT2D eigenvalue weighted by atomic mass is 10.1. The monoisotopic (exact) mass is 375 g/mol. The number of halogens is 1. The fourth-order valence-electron chi connectivity index (χ4n) is 2.33. The number of aryl methyl sites for hydroxylation is 1. The summed E-state index contributed by atoms with van der Waals surface area (Å²) in [6.07, 6.45) is 0.955. The third-order valence-corrected chi connectivity index (χ3v) is 4.41. The fraction of sp³-hybridized carbons (Fsp3) is 0.294. The molecule has 3 aromatic rings. The molecule has 0 aliphatic carbocycles. The largest absolute Gasteiger partial charge is 0.493 e. The number of nitrogens with zero attached hydrogens (tertiary/aromatic N) is 3. The van der Waals surface area contributed by atoms with E-state index in [1.807, 2.05) is 37.3 Å². The van der Waals surface area contributed by atoms with E-state index in [2.05, 4.69) is 32.9 Å². The van der Waals surface area contributed by atoms with Crippen LogP contribution in [0.4, 0.5) is 0 Å². The minimum Gasteiger partial charge on any atom is -0.493 e. The Labute approximate surface area is 143 Å². The van der Waals surface area contributed by atoms with Gasteiger partial charge in [0.1, 0.15) is 4.60 Å². The first-order valence-corrected chi connectivity index (χ1v) is 8.26. The van der Waals surface area contributed by atoms with Crippen molar-refractivity contribution in [1.29, 1.82) is 0 Å². The number of hydrogen-bond donors (Lipinski definition) is 0. The van der Waals surface area contributed by atoms with Crippen molar-refractivity contribution >= 4 is 21.6 Å². The Kier molecular flexibility index (Phi) is 4.52. The molecule has 120 valence electrons. The molecule has 0 bridgehead atoms. The minimum absolute atomic E-state index is 0.668. The molecule has 23 heavy (non-hydrogen) atoms. The van der Waals surface area contributed by atoms with E-state index in [0.29, 0.717) is 12.4 Å². The van der Waals surface area contributed by atoms with Gasteiger partial charge in [-0.05, 0) is 59.6 Å². The molecule has 0 unspecified atom stereocenters. The van der Waals surface area contributed by atoms with Gasteiger partial charge in [0.15, 0.2) is 17.1 Å². The zero-order chi connectivity index (χ0) is 16.4. The second-order valence-corrected chi connectivity index (χ2v) is 5.94. The molecule has 2 aromatic heterocycles. The zero-order valence-electron chi connectivity index (χ0n) is 13.3. The van der Waals surface area contributed by atoms with Crippen LogP contribution >= 0.6 is 15.9 Å². The van der Waals surface area contributed by atoms with Crippen molar-refractivity contribution in [1.82, 2.24) is 14.6 Å². The Balaban J connectivity index is 2.02. The number of imidazole rings is 1. The van der Waals surface area contributed by atoms with Crippen LogP contribution < -0.4 is 9.47 Å². The van der Waals surface area contributed by atoms with Gasteiger partial charge < -0.3 is 9.47 Å². The number of hydrogen-bond acceptors (Lipinski definition) is 4. The standard InChI is InChI=1S/C17H18BrN3O2/c1-4-9-23-14-7-5-12(10-15(14)22-3)13-6-8-16-19-11(2)17(18)21(16)20-13/h5-8,10H,4,9H2,1-3H3. The van der Waals surface area contributed by atoms with Crippen LogP contribution in [0.3, 0.4) is 0 Å². The molecule has 0 atom stereocenters. The van der Waals surface area contributed by atoms with Crippen LogP contribution in [-0.4, -0.2) is 28.3 Å². The average Bonchev–Trinajstić information content (AvgIpc) is 2.87. The lowest BCUT2D eigenvalue weighted by Crippen LogP contribution is -1.99. The maximum atomic E-state index is 5.69. The maximum absolute atomic E-state index is 5.69. The molecule has 0 fully saturated rings. The third kappa shape index (κ3) is 3.03. The smallest absolute Gasteiger partial charge is 0.161 e. The van der Waals surface area contributed by atoms with Gasteiger partial charge in [0.05, 0.1) is 25.1 Å². The van der Waals surface area contributed by atoms with Gasteiger partial charge in [0, 0.05) is 5.56 Å². The van der Waals surface area contributed by atoms with Gasteiger partial charge in [-0.2, -0.15) is 5.10 Å². The minimum atomic E-state index is 0.668. The van der Waals surface area contributed by atoms with Crippen LogP contribution in [0, 0.1) is 6.92 Å². The molecule has 0 spiro atoms. The van der Waals surface area contributed by atoms with Gasteiger partial charge >= 0.3 is 0 Å². The highest BCUT2D eigenvalue weighted by Gasteiger charge is 2.11. The van der Waals surface area contributed by atoms with Crippen molar-refractivity contribution < 1.29 is 9.47 Å². The molecule has 0 radical (unpaired) electrons. The highest BCUT2D eigenvalue weighted by Crippen LogP contribution is 2.32. The first kappa shape index (κ1) is 15.8. The van der Waals surface area contributed by atoms with E-state index in [4.69, 9.17) is 9.47 Å². The normalized spacial score (nSPS) is 11.0. The topological polar surface area (TPSA) is 48.7 Å². The SMILES string of the molecule is CCCOc1ccc(-c2ccc3nc(C)c(Br)n3n2)cc1OC. The molecule has 6 heteroatoms. The highest BCUT2D eigenvalue weighted by atomic mass is 79.9. The summed E-state index contributed by atoms with van der Waals surface area (Å²) in [6, 6.07) is 9.75. The molecule has 0 saturated carbocycles. The molecule has 0 amide bonds. The lowest BCUT2D eigenvalue weighted by Gasteiger charge is -2.11. The Morgan fingerprint density at radius 2 is 2.00 bits per heavy atom. The Morgan fingerprint density at radius 1 is 1.17 bits per heavy atom. The van der Waals surface area contributed by atoms with Crippen molar-refractivity contribution in [2.75, 3.05) is 13.7 Å². The van der Waals surface area contributed by atoms with E-state index < -0.39 is 0 Å². The summed E-state index contributed by atoms with van der Waals surface area (Å²) < 4.78 is 13.8. The summed E-state index contributed by atoms with van der Waals surface area (Å²) in [7, 11) is 1.64. The number of ether oxygens (including phenoxy) is 2. The maximum Gasteiger partial charge on any atom is 0.161 e. The molecule has 0 saturated heterocycles. The van der Waals surface area contributed by atoms with Crippen LogP contribution in [0.15, 0.2) is 34.9 Å². The summed E-state index contributed by atoms with van der Waals surface area (Å²) in [6.45, 7) is 4.69. The Bertz CT molecular complexity index is 845. The number of benzene rings is 1. The predicted octanol–water partition coefficient (Wildman–Crippen LogP) is 4.26. The number of aromatic nitrogens is 3. The van der Waals surface area contributed by atoms with Crippen LogP contribution in [0.5, 0.6) is 11.5 Å². The van der Waals surface area contributed by atoms with Gasteiger partial charge in [-0.1, -0.05) is 6.92 Å². The van der Waals surface area contributed by atoms with Crippen molar-refractivity contribution in [3.63, 3.8) is 0 Å². The van der Waals surface area contributed by atoms with Crippen LogP contribution in [-0.2, 0) is 0 Å². The van der Waals surface area contributed by atoms with E-state index in [9.17, 15) is 0 Å². The van der Waals surface area contributed by atoms with Gasteiger partial charge in [-0.25, -0.2) is 9.50 Å². The average molecular weight is 376 g/mol. The first-order chi connectivity index (χ1) is 11.1. The molecule has 5 nitrogen and oxygen atoms in total. The summed E-state index contributed by atoms with van der Waals surface area (Å²) in [5.41, 5.74) is 3.53. The van der Waals surface area contributed by atoms with Crippen molar-refractivity contribution in [2.45, 2.75) is 20.3 Å². The quantitative estimate of drug-likeness (QED) is 0.668. The molecular weight excluding hydrogens is 358 g/mol. The van der Waals surface area contributed by atoms with Gasteiger partial charge in [-0.15, -0.1) is 0 Å². The molecule has 0 N–H and O–H groups in total. The highest BCUT2D eigenvalue weighted by molar-refractivity contribution is 9.10. The predicted molar refractivity (Wildman–Crippen MR) is 93.2 cm³/mol. The van der Waals surface area contributed by atoms with Crippen LogP contribution in [0.1, 0.15) is 19.0 Å². The number of fused-ring (bicyclic) bond motifs is 1. The molecule has 1 aromatic carbocycles. The first-order valence-electron chi connectivity index (χ1n) is 7.47. The Morgan fingerprint density at radius 3 is 2.74 bits per heavy atom.